The van der Waals surface area contributed by atoms with Crippen LogP contribution in [-0.4, -0.2) is 11.8 Å². The molecule has 0 fully saturated rings. The number of hydrogen-bond donors (Lipinski definition) is 2. The van der Waals surface area contributed by atoms with Crippen molar-refractivity contribution in [3.63, 3.8) is 0 Å². The van der Waals surface area contributed by atoms with Crippen LogP contribution in [-0.2, 0) is 11.2 Å². The lowest BCUT2D eigenvalue weighted by atomic mass is 10.1. The summed E-state index contributed by atoms with van der Waals surface area (Å²) >= 11 is 11.8. The van der Waals surface area contributed by atoms with Crippen LogP contribution in [0, 0.1) is 0 Å². The van der Waals surface area contributed by atoms with Gasteiger partial charge in [0.1, 0.15) is 0 Å². The molecule has 0 spiro atoms. The molecule has 0 unspecified atom stereocenters. The van der Waals surface area contributed by atoms with Gasteiger partial charge in [0.2, 0.25) is 11.8 Å². The smallest absolute Gasteiger partial charge is 0.248 e. The van der Waals surface area contributed by atoms with Gasteiger partial charge in [-0.05, 0) is 35.9 Å². The Bertz CT molecular complexity index is 685. The molecule has 2 amide bonds. The number of halogens is 2. The Labute approximate surface area is 131 Å². The number of amides is 2. The second-order valence-corrected chi connectivity index (χ2v) is 5.25. The molecule has 108 valence electrons. The van der Waals surface area contributed by atoms with E-state index in [0.29, 0.717) is 15.7 Å². The van der Waals surface area contributed by atoms with Gasteiger partial charge in [-0.25, -0.2) is 0 Å². The highest BCUT2D eigenvalue weighted by Crippen LogP contribution is 2.23. The fourth-order valence-electron chi connectivity index (χ4n) is 1.76. The molecule has 0 heterocycles. The zero-order valence-corrected chi connectivity index (χ0v) is 12.4. The van der Waals surface area contributed by atoms with E-state index in [1.165, 1.54) is 18.2 Å². The maximum atomic E-state index is 12.0. The lowest BCUT2D eigenvalue weighted by Crippen LogP contribution is -2.16. The first kappa shape index (κ1) is 15.4. The normalized spacial score (nSPS) is 10.2. The van der Waals surface area contributed by atoms with Gasteiger partial charge in [-0.3, -0.25) is 9.59 Å². The Kier molecular flexibility index (Phi) is 4.83. The lowest BCUT2D eigenvalue weighted by Gasteiger charge is -2.08. The molecule has 2 aromatic rings. The molecule has 0 aliphatic heterocycles. The number of nitrogens with two attached hydrogens (primary N) is 1. The maximum absolute atomic E-state index is 12.0. The van der Waals surface area contributed by atoms with Gasteiger partial charge in [0, 0.05) is 10.6 Å². The van der Waals surface area contributed by atoms with Crippen LogP contribution in [0.5, 0.6) is 0 Å². The van der Waals surface area contributed by atoms with Gasteiger partial charge in [0.25, 0.3) is 0 Å². The van der Waals surface area contributed by atoms with Crippen molar-refractivity contribution in [3.05, 3.63) is 63.6 Å². The number of rotatable bonds is 4. The minimum Gasteiger partial charge on any atom is -0.366 e. The third-order valence-electron chi connectivity index (χ3n) is 2.80. The summed E-state index contributed by atoms with van der Waals surface area (Å²) in [5.41, 5.74) is 6.65. The van der Waals surface area contributed by atoms with E-state index in [2.05, 4.69) is 5.32 Å². The minimum atomic E-state index is -0.583. The molecule has 0 saturated heterocycles. The molecule has 0 bridgehead atoms. The summed E-state index contributed by atoms with van der Waals surface area (Å²) in [5.74, 6) is -0.833. The van der Waals surface area contributed by atoms with Crippen molar-refractivity contribution in [2.75, 3.05) is 5.32 Å². The number of nitrogens with one attached hydrogen (secondary N) is 1. The van der Waals surface area contributed by atoms with Gasteiger partial charge < -0.3 is 11.1 Å². The third-order valence-corrected chi connectivity index (χ3v) is 3.38. The van der Waals surface area contributed by atoms with E-state index in [1.54, 1.807) is 24.3 Å². The number of carbonyl (C=O) groups is 2. The van der Waals surface area contributed by atoms with Crippen molar-refractivity contribution in [2.45, 2.75) is 6.42 Å². The summed E-state index contributed by atoms with van der Waals surface area (Å²) in [7, 11) is 0. The van der Waals surface area contributed by atoms with Crippen molar-refractivity contribution >= 4 is 40.7 Å². The number of carbonyl (C=O) groups excluding carboxylic acids is 2. The van der Waals surface area contributed by atoms with Crippen molar-refractivity contribution in [1.82, 2.24) is 0 Å². The molecule has 3 N–H and O–H groups in total. The second-order valence-electron chi connectivity index (χ2n) is 4.41. The van der Waals surface area contributed by atoms with Gasteiger partial charge >= 0.3 is 0 Å². The van der Waals surface area contributed by atoms with Crippen molar-refractivity contribution < 1.29 is 9.59 Å². The van der Waals surface area contributed by atoms with Crippen LogP contribution < -0.4 is 11.1 Å². The van der Waals surface area contributed by atoms with Crippen molar-refractivity contribution in [1.29, 1.82) is 0 Å². The Morgan fingerprint density at radius 2 is 1.71 bits per heavy atom. The molecule has 4 nitrogen and oxygen atoms in total. The summed E-state index contributed by atoms with van der Waals surface area (Å²) < 4.78 is 0. The van der Waals surface area contributed by atoms with Gasteiger partial charge in [-0.15, -0.1) is 0 Å². The van der Waals surface area contributed by atoms with Crippen LogP contribution in [0.4, 0.5) is 5.69 Å². The summed E-state index contributed by atoms with van der Waals surface area (Å²) in [6, 6.07) is 11.4. The molecule has 2 aromatic carbocycles. The molecule has 2 rings (SSSR count). The van der Waals surface area contributed by atoms with Gasteiger partial charge in [-0.1, -0.05) is 35.3 Å². The summed E-state index contributed by atoms with van der Waals surface area (Å²) in [6.45, 7) is 0. The zero-order chi connectivity index (χ0) is 15.4. The first-order chi connectivity index (χ1) is 9.95. The average Bonchev–Trinajstić information content (AvgIpc) is 2.43. The van der Waals surface area contributed by atoms with Gasteiger partial charge in [-0.2, -0.15) is 0 Å². The molecule has 0 aliphatic rings. The predicted molar refractivity (Wildman–Crippen MR) is 83.8 cm³/mol. The monoisotopic (exact) mass is 322 g/mol. The number of benzene rings is 2. The topological polar surface area (TPSA) is 72.2 Å². The Morgan fingerprint density at radius 3 is 2.33 bits per heavy atom. The minimum absolute atomic E-state index is 0.175. The first-order valence-corrected chi connectivity index (χ1v) is 6.85. The average molecular weight is 323 g/mol. The molecule has 0 atom stereocenters. The third kappa shape index (κ3) is 4.21. The Hall–Kier alpha value is -2.04. The standard InChI is InChI=1S/C15H12Cl2N2O2/c16-11-4-1-9(2-5-11)7-14(20)19-13-8-10(15(18)21)3-6-12(13)17/h1-6,8H,7H2,(H2,18,21)(H,19,20). The van der Waals surface area contributed by atoms with E-state index in [-0.39, 0.29) is 17.9 Å². The SMILES string of the molecule is NC(=O)c1ccc(Cl)c(NC(=O)Cc2ccc(Cl)cc2)c1. The van der Waals surface area contributed by atoms with Crippen LogP contribution >= 0.6 is 23.2 Å². The van der Waals surface area contributed by atoms with E-state index in [9.17, 15) is 9.59 Å². The highest BCUT2D eigenvalue weighted by molar-refractivity contribution is 6.34. The van der Waals surface area contributed by atoms with Crippen LogP contribution in [0.25, 0.3) is 0 Å². The number of primary amides is 1. The molecular formula is C15H12Cl2N2O2. The number of anilines is 1. The van der Waals surface area contributed by atoms with Crippen LogP contribution in [0.1, 0.15) is 15.9 Å². The molecule has 0 aliphatic carbocycles. The molecule has 21 heavy (non-hydrogen) atoms. The summed E-state index contributed by atoms with van der Waals surface area (Å²) in [6.07, 6.45) is 0.175. The second kappa shape index (κ2) is 6.61. The van der Waals surface area contributed by atoms with E-state index in [0.717, 1.165) is 5.56 Å². The fraction of sp³-hybridized carbons (Fsp3) is 0.0667. The van der Waals surface area contributed by atoms with E-state index in [4.69, 9.17) is 28.9 Å². The molecular weight excluding hydrogens is 311 g/mol. The Balaban J connectivity index is 2.10. The lowest BCUT2D eigenvalue weighted by molar-refractivity contribution is -0.115. The first-order valence-electron chi connectivity index (χ1n) is 6.09. The van der Waals surface area contributed by atoms with Gasteiger partial charge in [0.05, 0.1) is 17.1 Å². The fourth-order valence-corrected chi connectivity index (χ4v) is 2.05. The largest absolute Gasteiger partial charge is 0.366 e. The quantitative estimate of drug-likeness (QED) is 0.906. The summed E-state index contributed by atoms with van der Waals surface area (Å²) in [4.78, 5) is 23.1. The van der Waals surface area contributed by atoms with E-state index in [1.807, 2.05) is 0 Å². The molecule has 0 aromatic heterocycles. The van der Waals surface area contributed by atoms with Crippen molar-refractivity contribution in [3.8, 4) is 0 Å². The predicted octanol–water partition coefficient (Wildman–Crippen LogP) is 3.27. The zero-order valence-electron chi connectivity index (χ0n) is 10.9. The Morgan fingerprint density at radius 1 is 1.05 bits per heavy atom. The van der Waals surface area contributed by atoms with Gasteiger partial charge in [0.15, 0.2) is 0 Å². The number of hydrogen-bond acceptors (Lipinski definition) is 2. The highest BCUT2D eigenvalue weighted by atomic mass is 35.5. The van der Waals surface area contributed by atoms with E-state index < -0.39 is 5.91 Å². The maximum Gasteiger partial charge on any atom is 0.248 e. The van der Waals surface area contributed by atoms with Crippen LogP contribution in [0.2, 0.25) is 10.0 Å². The van der Waals surface area contributed by atoms with Crippen molar-refractivity contribution in [2.24, 2.45) is 5.73 Å². The van der Waals surface area contributed by atoms with E-state index >= 15 is 0 Å². The molecule has 0 radical (unpaired) electrons. The summed E-state index contributed by atoms with van der Waals surface area (Å²) in [5, 5.41) is 3.60. The highest BCUT2D eigenvalue weighted by Gasteiger charge is 2.10. The van der Waals surface area contributed by atoms with Crippen LogP contribution in [0.15, 0.2) is 42.5 Å². The molecule has 0 saturated carbocycles. The molecule has 6 heteroatoms. The van der Waals surface area contributed by atoms with Crippen LogP contribution in [0.3, 0.4) is 0 Å².